The van der Waals surface area contributed by atoms with Crippen LogP contribution in [0.25, 0.3) is 0 Å². The van der Waals surface area contributed by atoms with Gasteiger partial charge in [0.15, 0.2) is 18.2 Å². The van der Waals surface area contributed by atoms with Crippen LogP contribution in [-0.2, 0) is 9.53 Å². The molecule has 0 spiro atoms. The fourth-order valence-corrected chi connectivity index (χ4v) is 2.04. The molecule has 0 unspecified atom stereocenters. The van der Waals surface area contributed by atoms with E-state index in [1.165, 1.54) is 0 Å². The van der Waals surface area contributed by atoms with Gasteiger partial charge in [0.1, 0.15) is 12.4 Å². The third-order valence-corrected chi connectivity index (χ3v) is 3.31. The van der Waals surface area contributed by atoms with Gasteiger partial charge in [-0.25, -0.2) is 13.6 Å². The molecule has 132 valence electrons. The molecule has 0 aliphatic heterocycles. The van der Waals surface area contributed by atoms with Crippen molar-refractivity contribution < 1.29 is 27.8 Å². The Morgan fingerprint density at radius 3 is 2.48 bits per heavy atom. The summed E-state index contributed by atoms with van der Waals surface area (Å²) >= 11 is 5.65. The summed E-state index contributed by atoms with van der Waals surface area (Å²) in [5.74, 6) is -3.35. The average Bonchev–Trinajstić information content (AvgIpc) is 2.60. The predicted octanol–water partition coefficient (Wildman–Crippen LogP) is 2.97. The number of hydrogen-bond acceptors (Lipinski definition) is 4. The standard InChI is InChI=1S/C17H14ClF2NO4/c18-13-9-15(20)14(19)8-12(13)17(23)25-10-16(22)21-6-7-24-11-4-2-1-3-5-11/h1-5,8-9H,6-7,10H2,(H,21,22). The lowest BCUT2D eigenvalue weighted by molar-refractivity contribution is -0.124. The fourth-order valence-electron chi connectivity index (χ4n) is 1.81. The minimum Gasteiger partial charge on any atom is -0.492 e. The van der Waals surface area contributed by atoms with Crippen LogP contribution < -0.4 is 10.1 Å². The van der Waals surface area contributed by atoms with Crippen LogP contribution in [0.15, 0.2) is 42.5 Å². The maximum atomic E-state index is 13.1. The highest BCUT2D eigenvalue weighted by Crippen LogP contribution is 2.20. The van der Waals surface area contributed by atoms with Crippen molar-refractivity contribution in [2.75, 3.05) is 19.8 Å². The van der Waals surface area contributed by atoms with Gasteiger partial charge < -0.3 is 14.8 Å². The maximum absolute atomic E-state index is 13.1. The zero-order chi connectivity index (χ0) is 18.2. The van der Waals surface area contributed by atoms with Crippen molar-refractivity contribution in [3.63, 3.8) is 0 Å². The highest BCUT2D eigenvalue weighted by Gasteiger charge is 2.17. The number of benzene rings is 2. The molecule has 0 bridgehead atoms. The molecule has 0 aliphatic carbocycles. The number of nitrogens with one attached hydrogen (secondary N) is 1. The highest BCUT2D eigenvalue weighted by molar-refractivity contribution is 6.33. The van der Waals surface area contributed by atoms with Crippen LogP contribution in [0.1, 0.15) is 10.4 Å². The van der Waals surface area contributed by atoms with Crippen LogP contribution in [0.5, 0.6) is 5.75 Å². The third kappa shape index (κ3) is 5.72. The zero-order valence-corrected chi connectivity index (χ0v) is 13.7. The third-order valence-electron chi connectivity index (χ3n) is 3.00. The number of para-hydroxylation sites is 1. The van der Waals surface area contributed by atoms with Gasteiger partial charge >= 0.3 is 5.97 Å². The summed E-state index contributed by atoms with van der Waals surface area (Å²) in [7, 11) is 0. The second-order valence-corrected chi connectivity index (χ2v) is 5.24. The largest absolute Gasteiger partial charge is 0.492 e. The fraction of sp³-hybridized carbons (Fsp3) is 0.176. The van der Waals surface area contributed by atoms with E-state index in [9.17, 15) is 18.4 Å². The monoisotopic (exact) mass is 369 g/mol. The summed E-state index contributed by atoms with van der Waals surface area (Å²) in [4.78, 5) is 23.3. The van der Waals surface area contributed by atoms with Crippen molar-refractivity contribution >= 4 is 23.5 Å². The number of carbonyl (C=O) groups excluding carboxylic acids is 2. The van der Waals surface area contributed by atoms with Gasteiger partial charge in [-0.1, -0.05) is 29.8 Å². The van der Waals surface area contributed by atoms with Crippen molar-refractivity contribution in [2.45, 2.75) is 0 Å². The molecule has 2 aromatic rings. The SMILES string of the molecule is O=C(COC(=O)c1cc(F)c(F)cc1Cl)NCCOc1ccccc1. The van der Waals surface area contributed by atoms with Gasteiger partial charge in [0, 0.05) is 0 Å². The van der Waals surface area contributed by atoms with Crippen molar-refractivity contribution in [2.24, 2.45) is 0 Å². The highest BCUT2D eigenvalue weighted by atomic mass is 35.5. The molecule has 0 aliphatic rings. The van der Waals surface area contributed by atoms with Crippen LogP contribution >= 0.6 is 11.6 Å². The Hall–Kier alpha value is -2.67. The molecule has 25 heavy (non-hydrogen) atoms. The van der Waals surface area contributed by atoms with Gasteiger partial charge in [-0.05, 0) is 24.3 Å². The lowest BCUT2D eigenvalue weighted by Crippen LogP contribution is -2.32. The molecule has 2 aromatic carbocycles. The molecule has 0 atom stereocenters. The summed E-state index contributed by atoms with van der Waals surface area (Å²) in [6.07, 6.45) is 0. The molecule has 0 aromatic heterocycles. The summed E-state index contributed by atoms with van der Waals surface area (Å²) < 4.78 is 36.2. The first-order valence-electron chi connectivity index (χ1n) is 7.23. The Morgan fingerprint density at radius 2 is 1.76 bits per heavy atom. The molecule has 0 saturated heterocycles. The minimum atomic E-state index is -1.24. The van der Waals surface area contributed by atoms with Crippen LogP contribution in [-0.4, -0.2) is 31.6 Å². The quantitative estimate of drug-likeness (QED) is 0.463. The Bertz CT molecular complexity index is 756. The number of carbonyl (C=O) groups is 2. The van der Waals surface area contributed by atoms with E-state index in [0.29, 0.717) is 17.9 Å². The Morgan fingerprint density at radius 1 is 1.08 bits per heavy atom. The predicted molar refractivity (Wildman–Crippen MR) is 86.6 cm³/mol. The average molecular weight is 370 g/mol. The Kier molecular flexibility index (Phi) is 6.71. The van der Waals surface area contributed by atoms with Gasteiger partial charge in [-0.3, -0.25) is 4.79 Å². The second-order valence-electron chi connectivity index (χ2n) is 4.83. The lowest BCUT2D eigenvalue weighted by Gasteiger charge is -2.09. The van der Waals surface area contributed by atoms with E-state index >= 15 is 0 Å². The van der Waals surface area contributed by atoms with E-state index in [-0.39, 0.29) is 23.7 Å². The first-order valence-corrected chi connectivity index (χ1v) is 7.61. The van der Waals surface area contributed by atoms with Crippen molar-refractivity contribution in [3.05, 3.63) is 64.7 Å². The van der Waals surface area contributed by atoms with E-state index < -0.39 is 30.1 Å². The summed E-state index contributed by atoms with van der Waals surface area (Å²) in [5, 5.41) is 2.18. The topological polar surface area (TPSA) is 64.6 Å². The zero-order valence-electron chi connectivity index (χ0n) is 12.9. The number of rotatable bonds is 7. The molecule has 1 N–H and O–H groups in total. The first-order chi connectivity index (χ1) is 12.0. The van der Waals surface area contributed by atoms with Crippen LogP contribution in [0.4, 0.5) is 8.78 Å². The molecular weight excluding hydrogens is 356 g/mol. The first kappa shape index (κ1) is 18.7. The lowest BCUT2D eigenvalue weighted by atomic mass is 10.2. The molecule has 5 nitrogen and oxygen atoms in total. The normalized spacial score (nSPS) is 10.2. The smallest absolute Gasteiger partial charge is 0.340 e. The number of halogens is 3. The van der Waals surface area contributed by atoms with Gasteiger partial charge in [-0.15, -0.1) is 0 Å². The molecule has 8 heteroatoms. The van der Waals surface area contributed by atoms with Crippen LogP contribution in [0, 0.1) is 11.6 Å². The number of ether oxygens (including phenoxy) is 2. The van der Waals surface area contributed by atoms with E-state index in [2.05, 4.69) is 5.32 Å². The van der Waals surface area contributed by atoms with E-state index in [0.717, 1.165) is 0 Å². The van der Waals surface area contributed by atoms with Crippen molar-refractivity contribution in [1.29, 1.82) is 0 Å². The molecule has 0 fully saturated rings. The number of hydrogen-bond donors (Lipinski definition) is 1. The van der Waals surface area contributed by atoms with Gasteiger partial charge in [0.2, 0.25) is 0 Å². The van der Waals surface area contributed by atoms with Crippen molar-refractivity contribution in [3.8, 4) is 5.75 Å². The maximum Gasteiger partial charge on any atom is 0.340 e. The summed E-state index contributed by atoms with van der Waals surface area (Å²) in [5.41, 5.74) is -0.360. The van der Waals surface area contributed by atoms with Gasteiger partial charge in [0.05, 0.1) is 17.1 Å². The second kappa shape index (κ2) is 8.98. The Labute approximate surface area is 147 Å². The molecule has 0 heterocycles. The van der Waals surface area contributed by atoms with Crippen LogP contribution in [0.2, 0.25) is 5.02 Å². The van der Waals surface area contributed by atoms with Gasteiger partial charge in [-0.2, -0.15) is 0 Å². The van der Waals surface area contributed by atoms with Crippen LogP contribution in [0.3, 0.4) is 0 Å². The molecule has 0 radical (unpaired) electrons. The molecule has 1 amide bonds. The van der Waals surface area contributed by atoms with Crippen molar-refractivity contribution in [1.82, 2.24) is 5.32 Å². The summed E-state index contributed by atoms with van der Waals surface area (Å²) in [6, 6.07) is 10.3. The molecule has 2 rings (SSSR count). The molecule has 0 saturated carbocycles. The summed E-state index contributed by atoms with van der Waals surface area (Å²) in [6.45, 7) is -0.143. The van der Waals surface area contributed by atoms with Gasteiger partial charge in [0.25, 0.3) is 5.91 Å². The molecular formula is C17H14ClF2NO4. The van der Waals surface area contributed by atoms with E-state index in [1.54, 1.807) is 12.1 Å². The number of esters is 1. The Balaban J connectivity index is 1.72. The van der Waals surface area contributed by atoms with E-state index in [4.69, 9.17) is 21.1 Å². The minimum absolute atomic E-state index is 0.206. The number of amides is 1. The van der Waals surface area contributed by atoms with E-state index in [1.807, 2.05) is 18.2 Å².